The van der Waals surface area contributed by atoms with E-state index in [1.165, 1.54) is 0 Å². The molecule has 1 fully saturated rings. The molecule has 1 aromatic rings. The topological polar surface area (TPSA) is 46.6 Å². The van der Waals surface area contributed by atoms with Gasteiger partial charge in [-0.25, -0.2) is 9.18 Å². The fourth-order valence-corrected chi connectivity index (χ4v) is 2.57. The number of amides is 1. The summed E-state index contributed by atoms with van der Waals surface area (Å²) in [5, 5.41) is 0. The summed E-state index contributed by atoms with van der Waals surface area (Å²) in [4.78, 5) is 25.5. The predicted octanol–water partition coefficient (Wildman–Crippen LogP) is 3.40. The number of alkyl halides is 3. The Morgan fingerprint density at radius 1 is 1.33 bits per heavy atom. The van der Waals surface area contributed by atoms with Crippen molar-refractivity contribution in [1.82, 2.24) is 4.90 Å². The van der Waals surface area contributed by atoms with Crippen LogP contribution >= 0.6 is 0 Å². The molecule has 2 rings (SSSR count). The van der Waals surface area contributed by atoms with Crippen molar-refractivity contribution in [2.75, 3.05) is 13.2 Å². The Bertz CT molecular complexity index is 630. The van der Waals surface area contributed by atoms with Crippen molar-refractivity contribution in [1.29, 1.82) is 0 Å². The molecule has 4 nitrogen and oxygen atoms in total. The third-order valence-corrected chi connectivity index (χ3v) is 3.76. The molecule has 1 aliphatic rings. The molecule has 0 radical (unpaired) electrons. The summed E-state index contributed by atoms with van der Waals surface area (Å²) in [5.41, 5.74) is -1.81. The molecule has 0 bridgehead atoms. The van der Waals surface area contributed by atoms with Crippen LogP contribution in [-0.2, 0) is 15.7 Å². The molecule has 24 heavy (non-hydrogen) atoms. The summed E-state index contributed by atoms with van der Waals surface area (Å²) in [5.74, 6) is -2.61. The quantitative estimate of drug-likeness (QED) is 0.619. The highest BCUT2D eigenvalue weighted by atomic mass is 19.4. The number of nitrogens with zero attached hydrogens (tertiary/aromatic N) is 1. The molecule has 0 N–H and O–H groups in total. The highest BCUT2D eigenvalue weighted by Crippen LogP contribution is 2.31. The lowest BCUT2D eigenvalue weighted by atomic mass is 10.1. The minimum atomic E-state index is -4.69. The number of esters is 1. The van der Waals surface area contributed by atoms with Crippen LogP contribution in [0.5, 0.6) is 0 Å². The maximum Gasteiger partial charge on any atom is 0.416 e. The highest BCUT2D eigenvalue weighted by molar-refractivity contribution is 5.97. The monoisotopic (exact) mass is 347 g/mol. The molecule has 1 amide bonds. The van der Waals surface area contributed by atoms with Crippen LogP contribution in [0.4, 0.5) is 17.6 Å². The third kappa shape index (κ3) is 3.85. The molecule has 0 spiro atoms. The van der Waals surface area contributed by atoms with Crippen LogP contribution in [-0.4, -0.2) is 36.0 Å². The molecule has 132 valence electrons. The van der Waals surface area contributed by atoms with Crippen molar-refractivity contribution < 1.29 is 31.9 Å². The first-order valence-electron chi connectivity index (χ1n) is 7.60. The predicted molar refractivity (Wildman–Crippen MR) is 76.7 cm³/mol. The van der Waals surface area contributed by atoms with Gasteiger partial charge in [-0.2, -0.15) is 13.2 Å². The van der Waals surface area contributed by atoms with Crippen LogP contribution in [0, 0.1) is 5.82 Å². The van der Waals surface area contributed by atoms with E-state index in [1.807, 2.05) is 6.92 Å². The molecule has 1 aliphatic heterocycles. The normalized spacial score (nSPS) is 17.9. The van der Waals surface area contributed by atoms with Crippen molar-refractivity contribution in [3.63, 3.8) is 0 Å². The maximum absolute atomic E-state index is 13.9. The van der Waals surface area contributed by atoms with E-state index in [0.29, 0.717) is 37.5 Å². The Kier molecular flexibility index (Phi) is 5.46. The lowest BCUT2D eigenvalue weighted by Crippen LogP contribution is -2.41. The second-order valence-electron chi connectivity index (χ2n) is 5.52. The van der Waals surface area contributed by atoms with Crippen LogP contribution in [0.15, 0.2) is 18.2 Å². The number of hydrogen-bond acceptors (Lipinski definition) is 3. The van der Waals surface area contributed by atoms with Crippen LogP contribution in [0.3, 0.4) is 0 Å². The number of rotatable bonds is 4. The zero-order valence-electron chi connectivity index (χ0n) is 13.0. The molecule has 0 saturated carbocycles. The zero-order chi connectivity index (χ0) is 17.9. The molecule has 8 heteroatoms. The highest BCUT2D eigenvalue weighted by Gasteiger charge is 2.38. The fraction of sp³-hybridized carbons (Fsp3) is 0.500. The van der Waals surface area contributed by atoms with Gasteiger partial charge in [0.2, 0.25) is 0 Å². The van der Waals surface area contributed by atoms with Gasteiger partial charge in [-0.05, 0) is 37.5 Å². The number of halogens is 4. The summed E-state index contributed by atoms with van der Waals surface area (Å²) < 4.78 is 57.1. The summed E-state index contributed by atoms with van der Waals surface area (Å²) in [6, 6.07) is 0.766. The van der Waals surface area contributed by atoms with Crippen molar-refractivity contribution in [3.8, 4) is 0 Å². The van der Waals surface area contributed by atoms with Gasteiger partial charge in [0.05, 0.1) is 17.7 Å². The first kappa shape index (κ1) is 18.2. The largest absolute Gasteiger partial charge is 0.464 e. The van der Waals surface area contributed by atoms with Crippen molar-refractivity contribution >= 4 is 11.9 Å². The summed E-state index contributed by atoms with van der Waals surface area (Å²) >= 11 is 0. The van der Waals surface area contributed by atoms with Crippen LogP contribution in [0.25, 0.3) is 0 Å². The Morgan fingerprint density at radius 3 is 2.67 bits per heavy atom. The average Bonchev–Trinajstić information content (AvgIpc) is 3.00. The van der Waals surface area contributed by atoms with Gasteiger partial charge in [-0.15, -0.1) is 0 Å². The van der Waals surface area contributed by atoms with E-state index in [0.717, 1.165) is 4.90 Å². The average molecular weight is 347 g/mol. The first-order chi connectivity index (χ1) is 11.3. The first-order valence-corrected chi connectivity index (χ1v) is 7.60. The molecule has 1 unspecified atom stereocenters. The summed E-state index contributed by atoms with van der Waals surface area (Å²) in [6.45, 7) is 2.17. The summed E-state index contributed by atoms with van der Waals surface area (Å²) in [7, 11) is 0. The van der Waals surface area contributed by atoms with E-state index in [4.69, 9.17) is 4.74 Å². The molecule has 1 saturated heterocycles. The number of hydrogen-bond donors (Lipinski definition) is 0. The Hall–Kier alpha value is -2.12. The van der Waals surface area contributed by atoms with E-state index >= 15 is 0 Å². The van der Waals surface area contributed by atoms with Crippen LogP contribution in [0.1, 0.15) is 42.1 Å². The van der Waals surface area contributed by atoms with Crippen molar-refractivity contribution in [3.05, 3.63) is 35.1 Å². The smallest absolute Gasteiger partial charge is 0.416 e. The van der Waals surface area contributed by atoms with Gasteiger partial charge < -0.3 is 9.64 Å². The maximum atomic E-state index is 13.9. The Morgan fingerprint density at radius 2 is 2.04 bits per heavy atom. The van der Waals surface area contributed by atoms with E-state index in [2.05, 4.69) is 0 Å². The fourth-order valence-electron chi connectivity index (χ4n) is 2.57. The molecular weight excluding hydrogens is 330 g/mol. The third-order valence-electron chi connectivity index (χ3n) is 3.76. The second-order valence-corrected chi connectivity index (χ2v) is 5.52. The van der Waals surface area contributed by atoms with Gasteiger partial charge in [0.25, 0.3) is 5.91 Å². The van der Waals surface area contributed by atoms with Gasteiger partial charge in [-0.1, -0.05) is 6.92 Å². The van der Waals surface area contributed by atoms with Gasteiger partial charge in [0.15, 0.2) is 0 Å². The van der Waals surface area contributed by atoms with E-state index < -0.39 is 41.0 Å². The number of ether oxygens (including phenoxy) is 1. The van der Waals surface area contributed by atoms with Gasteiger partial charge >= 0.3 is 12.1 Å². The lowest BCUT2D eigenvalue weighted by Gasteiger charge is -2.23. The van der Waals surface area contributed by atoms with E-state index in [1.54, 1.807) is 0 Å². The molecular formula is C16H17F4NO3. The molecule has 0 aromatic heterocycles. The van der Waals surface area contributed by atoms with Gasteiger partial charge in [0, 0.05) is 6.54 Å². The Balaban J connectivity index is 2.26. The standard InChI is InChI=1S/C16H17F4NO3/c1-2-8-24-15(23)13-4-3-7-21(13)14(22)11-9-10(16(18,19)20)5-6-12(11)17/h5-6,9,13H,2-4,7-8H2,1H3. The molecule has 1 atom stereocenters. The Labute approximate surface area is 136 Å². The lowest BCUT2D eigenvalue weighted by molar-refractivity contribution is -0.148. The van der Waals surface area contributed by atoms with E-state index in [9.17, 15) is 27.2 Å². The molecule has 1 aromatic carbocycles. The van der Waals surface area contributed by atoms with Gasteiger partial charge in [-0.3, -0.25) is 4.79 Å². The van der Waals surface area contributed by atoms with E-state index in [-0.39, 0.29) is 13.2 Å². The van der Waals surface area contributed by atoms with Crippen LogP contribution < -0.4 is 0 Å². The number of carbonyl (C=O) groups is 2. The zero-order valence-corrected chi connectivity index (χ0v) is 13.0. The second kappa shape index (κ2) is 7.19. The van der Waals surface area contributed by atoms with Crippen molar-refractivity contribution in [2.24, 2.45) is 0 Å². The van der Waals surface area contributed by atoms with Crippen LogP contribution in [0.2, 0.25) is 0 Å². The van der Waals surface area contributed by atoms with Crippen molar-refractivity contribution in [2.45, 2.75) is 38.4 Å². The number of benzene rings is 1. The SMILES string of the molecule is CCCOC(=O)C1CCCN1C(=O)c1cc(C(F)(F)F)ccc1F. The number of carbonyl (C=O) groups excluding carboxylic acids is 2. The van der Waals surface area contributed by atoms with Gasteiger partial charge in [0.1, 0.15) is 11.9 Å². The molecule has 1 heterocycles. The minimum absolute atomic E-state index is 0.167. The number of likely N-dealkylation sites (tertiary alicyclic amines) is 1. The molecule has 0 aliphatic carbocycles. The minimum Gasteiger partial charge on any atom is -0.464 e. The summed E-state index contributed by atoms with van der Waals surface area (Å²) in [6.07, 6.45) is -3.24.